The van der Waals surface area contributed by atoms with Crippen molar-refractivity contribution in [2.24, 2.45) is 0 Å². The first kappa shape index (κ1) is 14.4. The van der Waals surface area contributed by atoms with Gasteiger partial charge in [-0.1, -0.05) is 0 Å². The molecule has 2 atom stereocenters. The molecule has 10 heteroatoms. The van der Waals surface area contributed by atoms with Crippen LogP contribution in [0.2, 0.25) is 0 Å². The zero-order valence-electron chi connectivity index (χ0n) is 9.23. The maximum atomic E-state index is 11.3. The second kappa shape index (κ2) is 4.52. The van der Waals surface area contributed by atoms with Gasteiger partial charge in [0.1, 0.15) is 6.04 Å². The first-order valence-electron chi connectivity index (χ1n) is 4.58. The molecule has 1 aliphatic heterocycles. The van der Waals surface area contributed by atoms with Crippen LogP contribution in [-0.2, 0) is 29.1 Å². The summed E-state index contributed by atoms with van der Waals surface area (Å²) >= 11 is 0. The van der Waals surface area contributed by atoms with Gasteiger partial charge in [0.25, 0.3) is 10.1 Å². The van der Waals surface area contributed by atoms with Crippen molar-refractivity contribution in [3.05, 3.63) is 0 Å². The molecule has 0 saturated carbocycles. The Morgan fingerprint density at radius 2 is 1.82 bits per heavy atom. The van der Waals surface area contributed by atoms with E-state index in [9.17, 15) is 21.6 Å². The number of carboxylic acid groups (broad SMARTS) is 1. The van der Waals surface area contributed by atoms with Gasteiger partial charge in [-0.3, -0.25) is 8.98 Å². The molecule has 1 rings (SSSR count). The van der Waals surface area contributed by atoms with Crippen molar-refractivity contribution in [3.63, 3.8) is 0 Å². The van der Waals surface area contributed by atoms with E-state index in [2.05, 4.69) is 4.18 Å². The smallest absolute Gasteiger partial charge is 0.322 e. The molecule has 0 bridgehead atoms. The van der Waals surface area contributed by atoms with E-state index in [1.54, 1.807) is 0 Å². The van der Waals surface area contributed by atoms with Crippen LogP contribution in [0, 0.1) is 0 Å². The van der Waals surface area contributed by atoms with Crippen LogP contribution in [0.1, 0.15) is 6.42 Å². The minimum absolute atomic E-state index is 0.185. The van der Waals surface area contributed by atoms with E-state index in [4.69, 9.17) is 5.11 Å². The normalized spacial score (nSPS) is 27.2. The lowest BCUT2D eigenvalue weighted by molar-refractivity contribution is -0.140. The van der Waals surface area contributed by atoms with Gasteiger partial charge in [0.05, 0.1) is 18.6 Å². The number of aliphatic carboxylic acids is 1. The molecule has 0 aliphatic carbocycles. The summed E-state index contributed by atoms with van der Waals surface area (Å²) in [4.78, 5) is 10.9. The molecule has 1 saturated heterocycles. The number of hydrogen-bond donors (Lipinski definition) is 1. The van der Waals surface area contributed by atoms with Gasteiger partial charge in [-0.15, -0.1) is 0 Å². The van der Waals surface area contributed by atoms with Crippen LogP contribution in [0.3, 0.4) is 0 Å². The molecule has 1 aliphatic rings. The fraction of sp³-hybridized carbons (Fsp3) is 0.857. The molecule has 1 fully saturated rings. The number of carboxylic acids is 1. The minimum Gasteiger partial charge on any atom is -0.480 e. The standard InChI is InChI=1S/C7H13NO7S2/c1-16(11,12)8-4-5(15-17(2,13)14)3-6(8)7(9)10/h5-6H,3-4H2,1-2H3,(H,9,10)/t5-,6-/m0/s1. The Morgan fingerprint density at radius 1 is 1.29 bits per heavy atom. The first-order chi connectivity index (χ1) is 7.50. The van der Waals surface area contributed by atoms with Crippen molar-refractivity contribution in [1.82, 2.24) is 4.31 Å². The largest absolute Gasteiger partial charge is 0.480 e. The van der Waals surface area contributed by atoms with E-state index in [-0.39, 0.29) is 13.0 Å². The molecule has 0 amide bonds. The van der Waals surface area contributed by atoms with E-state index in [0.717, 1.165) is 16.8 Å². The summed E-state index contributed by atoms with van der Waals surface area (Å²) in [6, 6.07) is -1.28. The first-order valence-corrected chi connectivity index (χ1v) is 8.25. The van der Waals surface area contributed by atoms with Crippen molar-refractivity contribution in [1.29, 1.82) is 0 Å². The van der Waals surface area contributed by atoms with Gasteiger partial charge in [0, 0.05) is 13.0 Å². The van der Waals surface area contributed by atoms with E-state index < -0.39 is 38.3 Å². The average molecular weight is 287 g/mol. The zero-order chi connectivity index (χ0) is 13.4. The lowest BCUT2D eigenvalue weighted by Gasteiger charge is -2.17. The molecule has 8 nitrogen and oxygen atoms in total. The van der Waals surface area contributed by atoms with Gasteiger partial charge in [-0.05, 0) is 0 Å². The van der Waals surface area contributed by atoms with Gasteiger partial charge >= 0.3 is 5.97 Å². The molecule has 100 valence electrons. The van der Waals surface area contributed by atoms with Gasteiger partial charge < -0.3 is 5.11 Å². The Hall–Kier alpha value is -0.710. The van der Waals surface area contributed by atoms with Crippen molar-refractivity contribution in [2.75, 3.05) is 19.1 Å². The minimum atomic E-state index is -3.74. The van der Waals surface area contributed by atoms with E-state index in [0.29, 0.717) is 0 Å². The second-order valence-electron chi connectivity index (χ2n) is 3.84. The highest BCUT2D eigenvalue weighted by atomic mass is 32.2. The maximum absolute atomic E-state index is 11.3. The molecule has 1 heterocycles. The van der Waals surface area contributed by atoms with Crippen LogP contribution in [0.4, 0.5) is 0 Å². The Bertz CT molecular complexity index is 508. The third-order valence-electron chi connectivity index (χ3n) is 2.24. The molecular weight excluding hydrogens is 274 g/mol. The Labute approximate surface area is 99.3 Å². The fourth-order valence-electron chi connectivity index (χ4n) is 1.68. The van der Waals surface area contributed by atoms with Crippen LogP contribution in [0.25, 0.3) is 0 Å². The second-order valence-corrected chi connectivity index (χ2v) is 7.38. The lowest BCUT2D eigenvalue weighted by atomic mass is 10.2. The highest BCUT2D eigenvalue weighted by molar-refractivity contribution is 7.88. The summed E-state index contributed by atoms with van der Waals surface area (Å²) in [5.41, 5.74) is 0. The Balaban J connectivity index is 2.91. The third kappa shape index (κ3) is 3.91. The highest BCUT2D eigenvalue weighted by Gasteiger charge is 2.43. The van der Waals surface area contributed by atoms with Crippen molar-refractivity contribution < 1.29 is 30.9 Å². The SMILES string of the molecule is CS(=O)(=O)O[C@H]1C[C@@H](C(=O)O)N(S(C)(=O)=O)C1. The molecule has 0 spiro atoms. The number of hydrogen-bond acceptors (Lipinski definition) is 6. The van der Waals surface area contributed by atoms with Gasteiger partial charge in [-0.25, -0.2) is 8.42 Å². The van der Waals surface area contributed by atoms with E-state index in [1.165, 1.54) is 0 Å². The van der Waals surface area contributed by atoms with Crippen molar-refractivity contribution in [2.45, 2.75) is 18.6 Å². The fourth-order valence-corrected chi connectivity index (χ4v) is 3.39. The van der Waals surface area contributed by atoms with E-state index in [1.807, 2.05) is 0 Å². The van der Waals surface area contributed by atoms with Crippen molar-refractivity contribution >= 4 is 26.1 Å². The summed E-state index contributed by atoms with van der Waals surface area (Å²) in [5, 5.41) is 8.85. The number of sulfonamides is 1. The molecular formula is C7H13NO7S2. The third-order valence-corrected chi connectivity index (χ3v) is 4.12. The molecule has 0 aromatic heterocycles. The quantitative estimate of drug-likeness (QED) is 0.622. The predicted octanol–water partition coefficient (Wildman–Crippen LogP) is -1.55. The van der Waals surface area contributed by atoms with Crippen LogP contribution < -0.4 is 0 Å². The summed E-state index contributed by atoms with van der Waals surface area (Å²) in [6.45, 7) is -0.275. The van der Waals surface area contributed by atoms with Crippen LogP contribution in [0.5, 0.6) is 0 Å². The molecule has 0 aromatic rings. The lowest BCUT2D eigenvalue weighted by Crippen LogP contribution is -2.39. The molecule has 0 unspecified atom stereocenters. The summed E-state index contributed by atoms with van der Waals surface area (Å²) in [7, 11) is -7.45. The van der Waals surface area contributed by atoms with Crippen LogP contribution >= 0.6 is 0 Å². The van der Waals surface area contributed by atoms with Crippen LogP contribution in [0.15, 0.2) is 0 Å². The van der Waals surface area contributed by atoms with Gasteiger partial charge in [0.2, 0.25) is 10.0 Å². The molecule has 0 aromatic carbocycles. The summed E-state index contributed by atoms with van der Waals surface area (Å²) in [5.74, 6) is -1.32. The predicted molar refractivity (Wildman–Crippen MR) is 57.3 cm³/mol. The number of nitrogens with zero attached hydrogens (tertiary/aromatic N) is 1. The van der Waals surface area contributed by atoms with Gasteiger partial charge in [-0.2, -0.15) is 12.7 Å². The maximum Gasteiger partial charge on any atom is 0.322 e. The Kier molecular flexibility index (Phi) is 3.81. The Morgan fingerprint density at radius 3 is 2.12 bits per heavy atom. The molecule has 1 N–H and O–H groups in total. The average Bonchev–Trinajstić information content (AvgIpc) is 2.43. The zero-order valence-corrected chi connectivity index (χ0v) is 10.9. The number of carbonyl (C=O) groups is 1. The summed E-state index contributed by atoms with van der Waals surface area (Å²) < 4.78 is 49.7. The van der Waals surface area contributed by atoms with Crippen molar-refractivity contribution in [3.8, 4) is 0 Å². The monoisotopic (exact) mass is 287 g/mol. The summed E-state index contributed by atoms with van der Waals surface area (Å²) in [6.07, 6.45) is 0.549. The van der Waals surface area contributed by atoms with E-state index >= 15 is 0 Å². The number of rotatable bonds is 4. The topological polar surface area (TPSA) is 118 Å². The molecule has 17 heavy (non-hydrogen) atoms. The highest BCUT2D eigenvalue weighted by Crippen LogP contribution is 2.24. The van der Waals surface area contributed by atoms with Crippen LogP contribution in [-0.4, -0.2) is 63.4 Å². The molecule has 0 radical (unpaired) electrons. The van der Waals surface area contributed by atoms with Gasteiger partial charge in [0.15, 0.2) is 0 Å².